The van der Waals surface area contributed by atoms with Crippen molar-refractivity contribution in [3.05, 3.63) is 71.8 Å². The summed E-state index contributed by atoms with van der Waals surface area (Å²) >= 11 is 0. The second-order valence-corrected chi connectivity index (χ2v) is 7.93. The number of hydrogen-bond donors (Lipinski definition) is 0. The first-order valence-corrected chi connectivity index (χ1v) is 10.6. The van der Waals surface area contributed by atoms with E-state index < -0.39 is 0 Å². The van der Waals surface area contributed by atoms with E-state index in [1.54, 1.807) is 0 Å². The Morgan fingerprint density at radius 1 is 1.00 bits per heavy atom. The van der Waals surface area contributed by atoms with Crippen LogP contribution >= 0.6 is 0 Å². The number of nitrogens with zero attached hydrogens (tertiary/aromatic N) is 1. The third-order valence-corrected chi connectivity index (χ3v) is 5.98. The molecule has 2 bridgehead atoms. The fourth-order valence-electron chi connectivity index (χ4n) is 4.47. The minimum atomic E-state index is 0.577. The van der Waals surface area contributed by atoms with E-state index in [-0.39, 0.29) is 0 Å². The average Bonchev–Trinajstić information content (AvgIpc) is 2.69. The van der Waals surface area contributed by atoms with Crippen LogP contribution in [-0.4, -0.2) is 23.6 Å². The second-order valence-electron chi connectivity index (χ2n) is 7.93. The number of rotatable bonds is 7. The van der Waals surface area contributed by atoms with Gasteiger partial charge in [0.2, 0.25) is 0 Å². The van der Waals surface area contributed by atoms with E-state index in [9.17, 15) is 0 Å². The van der Waals surface area contributed by atoms with Gasteiger partial charge in [0.15, 0.2) is 0 Å². The van der Waals surface area contributed by atoms with E-state index in [0.717, 1.165) is 25.3 Å². The van der Waals surface area contributed by atoms with E-state index in [2.05, 4.69) is 72.5 Å². The minimum Gasteiger partial charge on any atom is -0.494 e. The smallest absolute Gasteiger partial charge is 0.119 e. The van der Waals surface area contributed by atoms with Gasteiger partial charge in [-0.3, -0.25) is 4.90 Å². The van der Waals surface area contributed by atoms with Gasteiger partial charge in [0.1, 0.15) is 5.75 Å². The molecule has 2 nitrogen and oxygen atoms in total. The lowest BCUT2D eigenvalue weighted by atomic mass is 9.82. The van der Waals surface area contributed by atoms with Crippen LogP contribution in [0.2, 0.25) is 0 Å². The monoisotopic (exact) mass is 361 g/mol. The summed E-state index contributed by atoms with van der Waals surface area (Å²) in [6.07, 6.45) is 9.95. The predicted molar refractivity (Wildman–Crippen MR) is 113 cm³/mol. The normalized spacial score (nSPS) is 22.3. The Morgan fingerprint density at radius 3 is 2.56 bits per heavy atom. The lowest BCUT2D eigenvalue weighted by molar-refractivity contribution is 0.0951. The molecule has 0 N–H and O–H groups in total. The highest BCUT2D eigenvalue weighted by molar-refractivity contribution is 5.68. The van der Waals surface area contributed by atoms with Gasteiger partial charge in [-0.2, -0.15) is 0 Å². The summed E-state index contributed by atoms with van der Waals surface area (Å²) in [6, 6.07) is 20.9. The molecule has 2 aromatic rings. The highest BCUT2D eigenvalue weighted by Crippen LogP contribution is 2.38. The van der Waals surface area contributed by atoms with Crippen molar-refractivity contribution in [2.45, 2.75) is 64.1 Å². The molecule has 142 valence electrons. The van der Waals surface area contributed by atoms with Gasteiger partial charge in [-0.15, -0.1) is 0 Å². The van der Waals surface area contributed by atoms with Crippen molar-refractivity contribution in [2.75, 3.05) is 6.61 Å². The van der Waals surface area contributed by atoms with Gasteiger partial charge in [-0.25, -0.2) is 0 Å². The number of ether oxygens (including phenoxy) is 1. The first-order chi connectivity index (χ1) is 13.3. The van der Waals surface area contributed by atoms with E-state index in [0.29, 0.717) is 12.1 Å². The standard InChI is InChI=1S/C25H31NO/c1-2-3-16-27-25-14-12-21(13-15-25)22-17-23-10-7-11-24(18-22)26(23)19-20-8-5-4-6-9-20/h4-6,8-9,12-15,17,23-24H,2-3,7,10-11,16,18-19H2,1H3. The molecule has 0 saturated carbocycles. The molecule has 4 rings (SSSR count). The van der Waals surface area contributed by atoms with E-state index in [1.165, 1.54) is 48.8 Å². The quantitative estimate of drug-likeness (QED) is 0.554. The maximum absolute atomic E-state index is 5.82. The summed E-state index contributed by atoms with van der Waals surface area (Å²) in [5.74, 6) is 0.995. The molecule has 2 aliphatic heterocycles. The SMILES string of the molecule is CCCCOc1ccc(C2=CC3CCCC(C2)N3Cc2ccccc2)cc1. The van der Waals surface area contributed by atoms with E-state index >= 15 is 0 Å². The van der Waals surface area contributed by atoms with Gasteiger partial charge in [0.05, 0.1) is 6.61 Å². The molecule has 0 spiro atoms. The van der Waals surface area contributed by atoms with Crippen molar-refractivity contribution >= 4 is 5.57 Å². The molecular weight excluding hydrogens is 330 g/mol. The topological polar surface area (TPSA) is 12.5 Å². The third kappa shape index (κ3) is 4.44. The van der Waals surface area contributed by atoms with Crippen molar-refractivity contribution in [1.82, 2.24) is 4.90 Å². The van der Waals surface area contributed by atoms with Crippen molar-refractivity contribution in [3.63, 3.8) is 0 Å². The zero-order valence-corrected chi connectivity index (χ0v) is 16.4. The molecule has 0 radical (unpaired) electrons. The zero-order valence-electron chi connectivity index (χ0n) is 16.4. The van der Waals surface area contributed by atoms with Gasteiger partial charge in [-0.1, -0.05) is 68.3 Å². The van der Waals surface area contributed by atoms with Gasteiger partial charge in [0.25, 0.3) is 0 Å². The largest absolute Gasteiger partial charge is 0.494 e. The Labute approximate surface area is 163 Å². The zero-order chi connectivity index (χ0) is 18.5. The average molecular weight is 362 g/mol. The maximum Gasteiger partial charge on any atom is 0.119 e. The molecule has 27 heavy (non-hydrogen) atoms. The van der Waals surface area contributed by atoms with Crippen LogP contribution in [0.15, 0.2) is 60.7 Å². The van der Waals surface area contributed by atoms with Gasteiger partial charge in [-0.05, 0) is 54.5 Å². The van der Waals surface area contributed by atoms with Crippen LogP contribution in [0.3, 0.4) is 0 Å². The molecule has 1 saturated heterocycles. The molecular formula is C25H31NO. The molecule has 2 aromatic carbocycles. The molecule has 2 heteroatoms. The van der Waals surface area contributed by atoms with E-state index in [4.69, 9.17) is 4.74 Å². The Kier molecular flexibility index (Phi) is 5.94. The molecule has 0 aliphatic carbocycles. The van der Waals surface area contributed by atoms with Crippen LogP contribution in [0.4, 0.5) is 0 Å². The van der Waals surface area contributed by atoms with Crippen LogP contribution < -0.4 is 4.74 Å². The number of unbranched alkanes of at least 4 members (excludes halogenated alkanes) is 1. The Bertz CT molecular complexity index is 750. The summed E-state index contributed by atoms with van der Waals surface area (Å²) in [6.45, 7) is 4.08. The predicted octanol–water partition coefficient (Wildman–Crippen LogP) is 6.08. The highest BCUT2D eigenvalue weighted by Gasteiger charge is 2.33. The Hall–Kier alpha value is -2.06. The molecule has 0 amide bonds. The number of benzene rings is 2. The minimum absolute atomic E-state index is 0.577. The Balaban J connectivity index is 1.47. The fraction of sp³-hybridized carbons (Fsp3) is 0.440. The molecule has 2 unspecified atom stereocenters. The van der Waals surface area contributed by atoms with Crippen LogP contribution in [0.5, 0.6) is 5.75 Å². The van der Waals surface area contributed by atoms with E-state index in [1.807, 2.05) is 0 Å². The summed E-state index contributed by atoms with van der Waals surface area (Å²) in [4.78, 5) is 2.73. The summed E-state index contributed by atoms with van der Waals surface area (Å²) in [5.41, 5.74) is 4.32. The van der Waals surface area contributed by atoms with Crippen LogP contribution in [0, 0.1) is 0 Å². The maximum atomic E-state index is 5.82. The number of fused-ring (bicyclic) bond motifs is 2. The lowest BCUT2D eigenvalue weighted by Crippen LogP contribution is -2.47. The lowest BCUT2D eigenvalue weighted by Gasteiger charge is -2.45. The summed E-state index contributed by atoms with van der Waals surface area (Å²) < 4.78 is 5.82. The van der Waals surface area contributed by atoms with Crippen LogP contribution in [0.25, 0.3) is 5.57 Å². The molecule has 2 aliphatic rings. The highest BCUT2D eigenvalue weighted by atomic mass is 16.5. The molecule has 0 aromatic heterocycles. The fourth-order valence-corrected chi connectivity index (χ4v) is 4.47. The van der Waals surface area contributed by atoms with Crippen molar-refractivity contribution in [1.29, 1.82) is 0 Å². The second kappa shape index (κ2) is 8.75. The van der Waals surface area contributed by atoms with Gasteiger partial charge >= 0.3 is 0 Å². The van der Waals surface area contributed by atoms with Gasteiger partial charge in [0, 0.05) is 18.6 Å². The number of hydrogen-bond acceptors (Lipinski definition) is 2. The van der Waals surface area contributed by atoms with Crippen molar-refractivity contribution in [3.8, 4) is 5.75 Å². The summed E-state index contributed by atoms with van der Waals surface area (Å²) in [5, 5.41) is 0. The van der Waals surface area contributed by atoms with Crippen LogP contribution in [0.1, 0.15) is 56.6 Å². The van der Waals surface area contributed by atoms with Crippen molar-refractivity contribution < 1.29 is 4.74 Å². The van der Waals surface area contributed by atoms with Crippen LogP contribution in [-0.2, 0) is 6.54 Å². The number of piperidine rings is 1. The Morgan fingerprint density at radius 2 is 1.81 bits per heavy atom. The molecule has 1 fully saturated rings. The van der Waals surface area contributed by atoms with Gasteiger partial charge < -0.3 is 4.74 Å². The molecule has 2 atom stereocenters. The molecule has 2 heterocycles. The first kappa shape index (κ1) is 18.3. The first-order valence-electron chi connectivity index (χ1n) is 10.6. The third-order valence-electron chi connectivity index (χ3n) is 5.98. The summed E-state index contributed by atoms with van der Waals surface area (Å²) in [7, 11) is 0. The van der Waals surface area contributed by atoms with Crippen molar-refractivity contribution in [2.24, 2.45) is 0 Å².